The molecule has 1 N–H and O–H groups in total. The number of rotatable bonds is 13. The molecule has 0 fully saturated rings. The molecule has 0 unspecified atom stereocenters. The average Bonchev–Trinajstić information content (AvgIpc) is 2.85. The van der Waals surface area contributed by atoms with Gasteiger partial charge in [-0.25, -0.2) is 8.42 Å². The number of ketones is 1. The number of nitrogens with zero attached hydrogens (tertiary/aromatic N) is 2. The first kappa shape index (κ1) is 28.8. The first-order chi connectivity index (χ1) is 17.0. The fourth-order valence-electron chi connectivity index (χ4n) is 3.54. The van der Waals surface area contributed by atoms with Gasteiger partial charge in [0.2, 0.25) is 21.8 Å². The van der Waals surface area contributed by atoms with Crippen molar-refractivity contribution < 1.29 is 27.5 Å². The van der Waals surface area contributed by atoms with Gasteiger partial charge in [-0.3, -0.25) is 18.7 Å². The summed E-state index contributed by atoms with van der Waals surface area (Å²) >= 11 is 0. The van der Waals surface area contributed by atoms with Gasteiger partial charge in [0.25, 0.3) is 0 Å². The maximum Gasteiger partial charge on any atom is 0.244 e. The minimum Gasteiger partial charge on any atom is -0.497 e. The lowest BCUT2D eigenvalue weighted by molar-refractivity contribution is -0.139. The highest BCUT2D eigenvalue weighted by molar-refractivity contribution is 7.92. The van der Waals surface area contributed by atoms with Gasteiger partial charge in [0.1, 0.15) is 18.3 Å². The van der Waals surface area contributed by atoms with Crippen molar-refractivity contribution in [2.24, 2.45) is 0 Å². The molecule has 36 heavy (non-hydrogen) atoms. The molecule has 2 amide bonds. The third kappa shape index (κ3) is 8.08. The molecular weight excluding hydrogens is 482 g/mol. The Morgan fingerprint density at radius 2 is 1.75 bits per heavy atom. The van der Waals surface area contributed by atoms with Gasteiger partial charge < -0.3 is 15.0 Å². The van der Waals surface area contributed by atoms with Gasteiger partial charge in [0.15, 0.2) is 5.78 Å². The lowest BCUT2D eigenvalue weighted by atomic mass is 10.1. The number of carbonyl (C=O) groups is 3. The van der Waals surface area contributed by atoms with E-state index >= 15 is 0 Å². The lowest BCUT2D eigenvalue weighted by Crippen LogP contribution is -2.51. The van der Waals surface area contributed by atoms with E-state index in [4.69, 9.17) is 4.74 Å². The van der Waals surface area contributed by atoms with Crippen LogP contribution in [0.25, 0.3) is 0 Å². The molecule has 0 radical (unpaired) electrons. The van der Waals surface area contributed by atoms with Crippen molar-refractivity contribution >= 4 is 33.3 Å². The van der Waals surface area contributed by atoms with E-state index in [2.05, 4.69) is 5.32 Å². The van der Waals surface area contributed by atoms with E-state index in [1.165, 1.54) is 24.0 Å². The van der Waals surface area contributed by atoms with Gasteiger partial charge in [0.05, 0.1) is 19.1 Å². The van der Waals surface area contributed by atoms with Gasteiger partial charge in [-0.2, -0.15) is 0 Å². The largest absolute Gasteiger partial charge is 0.497 e. The van der Waals surface area contributed by atoms with E-state index in [0.29, 0.717) is 17.9 Å². The molecule has 196 valence electrons. The van der Waals surface area contributed by atoms with Gasteiger partial charge in [-0.05, 0) is 50.1 Å². The zero-order chi connectivity index (χ0) is 26.9. The molecule has 0 aliphatic rings. The van der Waals surface area contributed by atoms with Gasteiger partial charge in [0, 0.05) is 18.7 Å². The highest BCUT2D eigenvalue weighted by atomic mass is 32.2. The highest BCUT2D eigenvalue weighted by Gasteiger charge is 2.30. The minimum atomic E-state index is -3.88. The van der Waals surface area contributed by atoms with Crippen LogP contribution < -0.4 is 14.4 Å². The summed E-state index contributed by atoms with van der Waals surface area (Å²) in [6.45, 7) is 5.06. The summed E-state index contributed by atoms with van der Waals surface area (Å²) in [7, 11) is -2.33. The van der Waals surface area contributed by atoms with Crippen LogP contribution in [-0.2, 0) is 26.2 Å². The Labute approximate surface area is 213 Å². The molecule has 0 heterocycles. The van der Waals surface area contributed by atoms with Crippen LogP contribution in [0.2, 0.25) is 0 Å². The first-order valence-electron chi connectivity index (χ1n) is 11.8. The number of Topliss-reactive ketones (excluding diaryl/α,β-unsaturated/α-hetero) is 1. The second-order valence-electron chi connectivity index (χ2n) is 8.57. The van der Waals surface area contributed by atoms with Gasteiger partial charge in [-0.15, -0.1) is 0 Å². The summed E-state index contributed by atoms with van der Waals surface area (Å²) in [5, 5.41) is 2.84. The number of methoxy groups -OCH3 is 1. The van der Waals surface area contributed by atoms with E-state index in [1.807, 2.05) is 6.92 Å². The van der Waals surface area contributed by atoms with Crippen LogP contribution in [0.3, 0.4) is 0 Å². The molecular formula is C26H35N3O6S. The van der Waals surface area contributed by atoms with Crippen LogP contribution in [0, 0.1) is 0 Å². The Morgan fingerprint density at radius 1 is 1.08 bits per heavy atom. The van der Waals surface area contributed by atoms with Crippen LogP contribution in [0.15, 0.2) is 48.5 Å². The summed E-state index contributed by atoms with van der Waals surface area (Å²) in [4.78, 5) is 39.6. The fraction of sp³-hybridized carbons (Fsp3) is 0.423. The number of unbranched alkanes of at least 4 members (excludes halogenated alkanes) is 1. The molecule has 0 aliphatic heterocycles. The number of amides is 2. The zero-order valence-electron chi connectivity index (χ0n) is 21.5. The van der Waals surface area contributed by atoms with E-state index in [9.17, 15) is 22.8 Å². The molecule has 1 atom stereocenters. The molecule has 0 aliphatic carbocycles. The molecule has 0 aromatic heterocycles. The highest BCUT2D eigenvalue weighted by Crippen LogP contribution is 2.21. The molecule has 10 heteroatoms. The van der Waals surface area contributed by atoms with E-state index in [1.54, 1.807) is 50.4 Å². The standard InChI is InChI=1S/C26H35N3O6S/c1-6-7-15-27-26(32)19(2)28(17-21-11-13-24(35-4)14-12-21)25(31)18-29(36(5,33)34)23-10-8-9-22(16-23)20(3)30/h8-14,16,19H,6-7,15,17-18H2,1-5H3,(H,27,32)/t19-/m0/s1. The number of ether oxygens (including phenoxy) is 1. The molecule has 0 saturated carbocycles. The monoisotopic (exact) mass is 517 g/mol. The van der Waals surface area contributed by atoms with E-state index < -0.39 is 28.5 Å². The van der Waals surface area contributed by atoms with Crippen LogP contribution in [0.4, 0.5) is 5.69 Å². The van der Waals surface area contributed by atoms with Crippen molar-refractivity contribution in [3.05, 3.63) is 59.7 Å². The quantitative estimate of drug-likeness (QED) is 0.323. The predicted molar refractivity (Wildman–Crippen MR) is 140 cm³/mol. The summed E-state index contributed by atoms with van der Waals surface area (Å²) in [6.07, 6.45) is 2.71. The van der Waals surface area contributed by atoms with Gasteiger partial charge in [-0.1, -0.05) is 37.6 Å². The molecule has 2 aromatic carbocycles. The normalized spacial score (nSPS) is 11.9. The summed E-state index contributed by atoms with van der Waals surface area (Å²) in [6, 6.07) is 12.3. The molecule has 0 saturated heterocycles. The predicted octanol–water partition coefficient (Wildman–Crippen LogP) is 3.00. The second-order valence-corrected chi connectivity index (χ2v) is 10.5. The topological polar surface area (TPSA) is 113 Å². The van der Waals surface area contributed by atoms with Crippen molar-refractivity contribution in [3.63, 3.8) is 0 Å². The van der Waals surface area contributed by atoms with Crippen molar-refractivity contribution in [1.82, 2.24) is 10.2 Å². The Bertz CT molecular complexity index is 1160. The number of nitrogens with one attached hydrogen (secondary N) is 1. The number of carbonyl (C=O) groups excluding carboxylic acids is 3. The van der Waals surface area contributed by atoms with E-state index in [-0.39, 0.29) is 23.9 Å². The van der Waals surface area contributed by atoms with Gasteiger partial charge >= 0.3 is 0 Å². The first-order valence-corrected chi connectivity index (χ1v) is 13.6. The Kier molecular flexibility index (Phi) is 10.5. The summed E-state index contributed by atoms with van der Waals surface area (Å²) in [5.41, 5.74) is 1.28. The number of hydrogen-bond acceptors (Lipinski definition) is 6. The lowest BCUT2D eigenvalue weighted by Gasteiger charge is -2.31. The molecule has 9 nitrogen and oxygen atoms in total. The minimum absolute atomic E-state index is 0.0935. The Balaban J connectivity index is 2.38. The van der Waals surface area contributed by atoms with E-state index in [0.717, 1.165) is 29.0 Å². The number of anilines is 1. The number of benzene rings is 2. The Hall–Kier alpha value is -3.40. The summed E-state index contributed by atoms with van der Waals surface area (Å²) in [5.74, 6) is -0.455. The van der Waals surface area contributed by atoms with Crippen LogP contribution in [-0.4, -0.2) is 63.4 Å². The smallest absolute Gasteiger partial charge is 0.244 e. The average molecular weight is 518 g/mol. The third-order valence-corrected chi connectivity index (χ3v) is 6.87. The molecule has 0 spiro atoms. The third-order valence-electron chi connectivity index (χ3n) is 5.73. The number of hydrogen-bond donors (Lipinski definition) is 1. The zero-order valence-corrected chi connectivity index (χ0v) is 22.3. The number of sulfonamides is 1. The van der Waals surface area contributed by atoms with Crippen molar-refractivity contribution in [3.8, 4) is 5.75 Å². The van der Waals surface area contributed by atoms with Crippen LogP contribution in [0.5, 0.6) is 5.75 Å². The molecule has 2 aromatic rings. The fourth-order valence-corrected chi connectivity index (χ4v) is 4.38. The summed E-state index contributed by atoms with van der Waals surface area (Å²) < 4.78 is 31.4. The maximum absolute atomic E-state index is 13.5. The Morgan fingerprint density at radius 3 is 2.31 bits per heavy atom. The maximum atomic E-state index is 13.5. The molecule has 0 bridgehead atoms. The SMILES string of the molecule is CCCCNC(=O)[C@H](C)N(Cc1ccc(OC)cc1)C(=O)CN(c1cccc(C(C)=O)c1)S(C)(=O)=O. The van der Waals surface area contributed by atoms with Crippen molar-refractivity contribution in [2.75, 3.05) is 30.8 Å². The second kappa shape index (κ2) is 13.1. The van der Waals surface area contributed by atoms with Crippen LogP contribution >= 0.6 is 0 Å². The van der Waals surface area contributed by atoms with Crippen LogP contribution in [0.1, 0.15) is 49.5 Å². The van der Waals surface area contributed by atoms with Crippen molar-refractivity contribution in [2.45, 2.75) is 46.2 Å². The van der Waals surface area contributed by atoms with Crippen molar-refractivity contribution in [1.29, 1.82) is 0 Å². The molecule has 2 rings (SSSR count).